The maximum absolute atomic E-state index is 12.8. The van der Waals surface area contributed by atoms with Crippen molar-refractivity contribution in [3.8, 4) is 0 Å². The predicted molar refractivity (Wildman–Crippen MR) is 83.6 cm³/mol. The molecule has 2 N–H and O–H groups in total. The molecule has 0 saturated carbocycles. The molecule has 1 aliphatic heterocycles. The first-order valence-corrected chi connectivity index (χ1v) is 8.72. The molecular weight excluding hydrogens is 352 g/mol. The van der Waals surface area contributed by atoms with E-state index in [0.717, 1.165) is 0 Å². The number of fused-ring (bicyclic) bond motifs is 2. The summed E-state index contributed by atoms with van der Waals surface area (Å²) in [5, 5.41) is 12.9. The zero-order valence-electron chi connectivity index (χ0n) is 12.7. The van der Waals surface area contributed by atoms with Gasteiger partial charge in [-0.1, -0.05) is 0 Å². The number of carboxylic acids is 1. The highest BCUT2D eigenvalue weighted by molar-refractivity contribution is 7.89. The lowest BCUT2D eigenvalue weighted by atomic mass is 10.3. The molecule has 4 rings (SSSR count). The Kier molecular flexibility index (Phi) is 3.30. The second-order valence-electron chi connectivity index (χ2n) is 5.56. The number of nitrogens with zero attached hydrogens (tertiary/aromatic N) is 3. The molecule has 0 spiro atoms. The normalized spacial score (nSPS) is 15.4. The number of benzene rings is 1. The number of carboxylic acid groups (broad SMARTS) is 1. The van der Waals surface area contributed by atoms with Gasteiger partial charge in [-0.3, -0.25) is 9.67 Å². The molecule has 1 aliphatic rings. The quantitative estimate of drug-likeness (QED) is 0.678. The summed E-state index contributed by atoms with van der Waals surface area (Å²) in [6.07, 6.45) is 0. The maximum Gasteiger partial charge on any atom is 0.417 e. The van der Waals surface area contributed by atoms with Gasteiger partial charge in [-0.25, -0.2) is 18.0 Å². The molecule has 0 unspecified atom stereocenters. The lowest BCUT2D eigenvalue weighted by Gasteiger charge is -2.26. The number of rotatable bonds is 3. The number of aromatic carboxylic acids is 1. The van der Waals surface area contributed by atoms with Crippen LogP contribution in [0.25, 0.3) is 11.1 Å². The standard InChI is InChI=1S/C14H12N4O6S/c19-13(20)11-5-8-7-17(3-4-18(8)16-11)25(22,23)9-1-2-10-12(6-9)24-14(21)15-10/h1-2,5-6H,3-4,7H2,(H,15,21)(H,19,20). The Hall–Kier alpha value is -2.92. The van der Waals surface area contributed by atoms with Crippen molar-refractivity contribution in [3.05, 3.63) is 46.2 Å². The Bertz CT molecular complexity index is 1160. The molecule has 0 saturated heterocycles. The fourth-order valence-electron chi connectivity index (χ4n) is 2.79. The van der Waals surface area contributed by atoms with E-state index in [-0.39, 0.29) is 35.8 Å². The smallest absolute Gasteiger partial charge is 0.417 e. The third-order valence-corrected chi connectivity index (χ3v) is 5.85. The average Bonchev–Trinajstić information content (AvgIpc) is 3.15. The highest BCUT2D eigenvalue weighted by atomic mass is 32.2. The van der Waals surface area contributed by atoms with Crippen molar-refractivity contribution in [2.24, 2.45) is 0 Å². The molecule has 11 heteroatoms. The fraction of sp³-hybridized carbons (Fsp3) is 0.214. The van der Waals surface area contributed by atoms with Gasteiger partial charge in [0.25, 0.3) is 0 Å². The van der Waals surface area contributed by atoms with Gasteiger partial charge in [0.05, 0.1) is 29.2 Å². The summed E-state index contributed by atoms with van der Waals surface area (Å²) in [4.78, 5) is 24.6. The van der Waals surface area contributed by atoms with E-state index in [1.165, 1.54) is 33.3 Å². The molecular formula is C14H12N4O6S. The number of nitrogens with one attached hydrogen (secondary N) is 1. The second kappa shape index (κ2) is 5.29. The fourth-order valence-corrected chi connectivity index (χ4v) is 4.21. The molecule has 0 aliphatic carbocycles. The molecule has 2 aromatic heterocycles. The molecule has 130 valence electrons. The summed E-state index contributed by atoms with van der Waals surface area (Å²) in [6, 6.07) is 5.50. The van der Waals surface area contributed by atoms with Crippen LogP contribution < -0.4 is 5.76 Å². The van der Waals surface area contributed by atoms with Crippen molar-refractivity contribution >= 4 is 27.1 Å². The van der Waals surface area contributed by atoms with Crippen molar-refractivity contribution in [3.63, 3.8) is 0 Å². The molecule has 0 atom stereocenters. The monoisotopic (exact) mass is 364 g/mol. The van der Waals surface area contributed by atoms with E-state index in [1.807, 2.05) is 0 Å². The van der Waals surface area contributed by atoms with E-state index in [2.05, 4.69) is 10.1 Å². The van der Waals surface area contributed by atoms with Gasteiger partial charge in [-0.15, -0.1) is 0 Å². The largest absolute Gasteiger partial charge is 0.476 e. The van der Waals surface area contributed by atoms with Crippen molar-refractivity contribution < 1.29 is 22.7 Å². The lowest BCUT2D eigenvalue weighted by Crippen LogP contribution is -2.38. The van der Waals surface area contributed by atoms with Gasteiger partial charge in [-0.05, 0) is 18.2 Å². The van der Waals surface area contributed by atoms with Crippen LogP contribution in [0, 0.1) is 0 Å². The van der Waals surface area contributed by atoms with Gasteiger partial charge in [0.1, 0.15) is 0 Å². The summed E-state index contributed by atoms with van der Waals surface area (Å²) < 4.78 is 33.3. The first-order chi connectivity index (χ1) is 11.8. The average molecular weight is 364 g/mol. The number of H-pyrrole nitrogens is 1. The maximum atomic E-state index is 12.8. The number of hydrogen-bond acceptors (Lipinski definition) is 6. The van der Waals surface area contributed by atoms with Gasteiger partial charge in [0.2, 0.25) is 10.0 Å². The minimum absolute atomic E-state index is 0.00540. The van der Waals surface area contributed by atoms with Crippen LogP contribution in [-0.2, 0) is 23.1 Å². The molecule has 0 fully saturated rings. The van der Waals surface area contributed by atoms with E-state index >= 15 is 0 Å². The van der Waals surface area contributed by atoms with Crippen LogP contribution in [0.5, 0.6) is 0 Å². The van der Waals surface area contributed by atoms with Crippen molar-refractivity contribution in [1.82, 2.24) is 19.1 Å². The Morgan fingerprint density at radius 3 is 2.84 bits per heavy atom. The lowest BCUT2D eigenvalue weighted by molar-refractivity contribution is 0.0689. The van der Waals surface area contributed by atoms with E-state index in [0.29, 0.717) is 11.2 Å². The van der Waals surface area contributed by atoms with E-state index < -0.39 is 21.7 Å². The number of aromatic amines is 1. The van der Waals surface area contributed by atoms with Crippen LogP contribution >= 0.6 is 0 Å². The number of aromatic nitrogens is 3. The van der Waals surface area contributed by atoms with Crippen LogP contribution in [0.1, 0.15) is 16.2 Å². The molecule has 3 aromatic rings. The predicted octanol–water partition coefficient (Wildman–Crippen LogP) is 0.220. The molecule has 0 radical (unpaired) electrons. The summed E-state index contributed by atoms with van der Waals surface area (Å²) in [7, 11) is -3.83. The van der Waals surface area contributed by atoms with Crippen LogP contribution in [-0.4, -0.2) is 45.1 Å². The number of oxazole rings is 1. The SMILES string of the molecule is O=C(O)c1cc2n(n1)CCN(S(=O)(=O)c1ccc3[nH]c(=O)oc3c1)C2. The second-order valence-corrected chi connectivity index (χ2v) is 7.50. The van der Waals surface area contributed by atoms with E-state index in [1.54, 1.807) is 0 Å². The summed E-state index contributed by atoms with van der Waals surface area (Å²) >= 11 is 0. The minimum Gasteiger partial charge on any atom is -0.476 e. The summed E-state index contributed by atoms with van der Waals surface area (Å²) in [5.41, 5.74) is 0.944. The number of hydrogen-bond donors (Lipinski definition) is 2. The zero-order chi connectivity index (χ0) is 17.8. The van der Waals surface area contributed by atoms with Crippen molar-refractivity contribution in [1.29, 1.82) is 0 Å². The molecule has 3 heterocycles. The van der Waals surface area contributed by atoms with Gasteiger partial charge < -0.3 is 9.52 Å². The van der Waals surface area contributed by atoms with Crippen LogP contribution in [0.2, 0.25) is 0 Å². The number of carbonyl (C=O) groups is 1. The van der Waals surface area contributed by atoms with Gasteiger partial charge in [0.15, 0.2) is 11.3 Å². The molecule has 10 nitrogen and oxygen atoms in total. The van der Waals surface area contributed by atoms with Crippen molar-refractivity contribution in [2.75, 3.05) is 6.54 Å². The third kappa shape index (κ3) is 2.53. The Balaban J connectivity index is 1.69. The van der Waals surface area contributed by atoms with E-state index in [9.17, 15) is 18.0 Å². The molecule has 0 bridgehead atoms. The highest BCUT2D eigenvalue weighted by Gasteiger charge is 2.30. The molecule has 1 aromatic carbocycles. The van der Waals surface area contributed by atoms with Crippen LogP contribution in [0.4, 0.5) is 0 Å². The van der Waals surface area contributed by atoms with Crippen LogP contribution in [0.15, 0.2) is 38.4 Å². The number of sulfonamides is 1. The first-order valence-electron chi connectivity index (χ1n) is 7.27. The molecule has 25 heavy (non-hydrogen) atoms. The van der Waals surface area contributed by atoms with E-state index in [4.69, 9.17) is 9.52 Å². The summed E-state index contributed by atoms with van der Waals surface area (Å²) in [5.74, 6) is -1.82. The van der Waals surface area contributed by atoms with Crippen LogP contribution in [0.3, 0.4) is 0 Å². The Labute approximate surface area is 140 Å². The van der Waals surface area contributed by atoms with Gasteiger partial charge in [0, 0.05) is 12.6 Å². The summed E-state index contributed by atoms with van der Waals surface area (Å²) in [6.45, 7) is 0.423. The topological polar surface area (TPSA) is 138 Å². The van der Waals surface area contributed by atoms with Gasteiger partial charge >= 0.3 is 11.7 Å². The van der Waals surface area contributed by atoms with Crippen molar-refractivity contribution in [2.45, 2.75) is 18.0 Å². The first kappa shape index (κ1) is 15.6. The third-order valence-electron chi connectivity index (χ3n) is 4.01. The molecule has 0 amide bonds. The zero-order valence-corrected chi connectivity index (χ0v) is 13.5. The highest BCUT2D eigenvalue weighted by Crippen LogP contribution is 2.24. The Morgan fingerprint density at radius 1 is 1.28 bits per heavy atom. The van der Waals surface area contributed by atoms with Gasteiger partial charge in [-0.2, -0.15) is 9.40 Å². The minimum atomic E-state index is -3.83. The Morgan fingerprint density at radius 2 is 2.08 bits per heavy atom.